The van der Waals surface area contributed by atoms with Gasteiger partial charge in [-0.25, -0.2) is 0 Å². The fourth-order valence-corrected chi connectivity index (χ4v) is 0.838. The molecule has 0 bridgehead atoms. The predicted molar refractivity (Wildman–Crippen MR) is 42.5 cm³/mol. The first-order valence-electron chi connectivity index (χ1n) is 3.88. The van der Waals surface area contributed by atoms with Crippen LogP contribution in [-0.2, 0) is 9.53 Å². The van der Waals surface area contributed by atoms with Crippen LogP contribution in [0.5, 0.6) is 0 Å². The van der Waals surface area contributed by atoms with E-state index in [1.54, 1.807) is 0 Å². The normalized spacial score (nSPS) is 17.8. The van der Waals surface area contributed by atoms with Crippen LogP contribution in [0, 0.1) is 0 Å². The van der Waals surface area contributed by atoms with E-state index in [9.17, 15) is 48.7 Å². The Kier molecular flexibility index (Phi) is 4.93. The van der Waals surface area contributed by atoms with E-state index in [1.165, 1.54) is 0 Å². The van der Waals surface area contributed by atoms with E-state index >= 15 is 0 Å². The standard InChI is InChI=1S/C6Cl2F10O2/c7-4(13,14)2(10,1(9)19)20-6(17,18)3(11,12)5(8,15)16. The zero-order chi connectivity index (χ0) is 16.8. The maximum atomic E-state index is 12.9. The van der Waals surface area contributed by atoms with Crippen LogP contribution in [0.2, 0.25) is 0 Å². The van der Waals surface area contributed by atoms with Gasteiger partial charge in [-0.05, 0) is 23.2 Å². The molecule has 120 valence electrons. The lowest BCUT2D eigenvalue weighted by atomic mass is 10.3. The summed E-state index contributed by atoms with van der Waals surface area (Å²) in [6.45, 7) is 0. The molecule has 0 N–H and O–H groups in total. The van der Waals surface area contributed by atoms with Gasteiger partial charge < -0.3 is 0 Å². The van der Waals surface area contributed by atoms with Gasteiger partial charge in [-0.15, -0.1) is 0 Å². The smallest absolute Gasteiger partial charge is 0.262 e. The molecule has 0 saturated heterocycles. The van der Waals surface area contributed by atoms with Crippen molar-refractivity contribution in [2.75, 3.05) is 0 Å². The van der Waals surface area contributed by atoms with Crippen molar-refractivity contribution in [2.45, 2.75) is 28.6 Å². The Morgan fingerprint density at radius 2 is 1.15 bits per heavy atom. The quantitative estimate of drug-likeness (QED) is 0.403. The maximum absolute atomic E-state index is 12.9. The summed E-state index contributed by atoms with van der Waals surface area (Å²) in [6.07, 6.45) is -6.81. The minimum Gasteiger partial charge on any atom is -0.262 e. The van der Waals surface area contributed by atoms with Crippen LogP contribution in [0.3, 0.4) is 0 Å². The highest BCUT2D eigenvalue weighted by Crippen LogP contribution is 2.52. The van der Waals surface area contributed by atoms with Gasteiger partial charge in [0.15, 0.2) is 0 Å². The van der Waals surface area contributed by atoms with Crippen LogP contribution in [0.1, 0.15) is 0 Å². The van der Waals surface area contributed by atoms with Crippen molar-refractivity contribution >= 4 is 29.2 Å². The summed E-state index contributed by atoms with van der Waals surface area (Å²) < 4.78 is 125. The SMILES string of the molecule is O=C(F)C(F)(OC(F)(F)C(F)(F)C(F)(F)Cl)C(F)(F)Cl. The Morgan fingerprint density at radius 3 is 1.35 bits per heavy atom. The molecule has 0 heterocycles. The Hall–Kier alpha value is -0.490. The molecule has 20 heavy (non-hydrogen) atoms. The molecule has 0 rings (SSSR count). The topological polar surface area (TPSA) is 26.3 Å². The second-order valence-electron chi connectivity index (χ2n) is 3.06. The molecule has 0 radical (unpaired) electrons. The van der Waals surface area contributed by atoms with Crippen LogP contribution >= 0.6 is 23.2 Å². The van der Waals surface area contributed by atoms with Crippen molar-refractivity contribution in [3.05, 3.63) is 0 Å². The summed E-state index contributed by atoms with van der Waals surface area (Å²) in [5.74, 6) is -12.9. The van der Waals surface area contributed by atoms with Gasteiger partial charge in [0.25, 0.3) is 0 Å². The van der Waals surface area contributed by atoms with E-state index in [-0.39, 0.29) is 0 Å². The molecule has 1 atom stereocenters. The molecule has 0 amide bonds. The van der Waals surface area contributed by atoms with E-state index in [4.69, 9.17) is 0 Å². The number of carbonyl (C=O) groups is 1. The lowest BCUT2D eigenvalue weighted by Crippen LogP contribution is -2.60. The first kappa shape index (κ1) is 19.5. The largest absolute Gasteiger partial charge is 0.430 e. The molecule has 2 nitrogen and oxygen atoms in total. The molecule has 1 unspecified atom stereocenters. The molecule has 0 fully saturated rings. The van der Waals surface area contributed by atoms with Crippen LogP contribution in [-0.4, -0.2) is 34.7 Å². The molecule has 0 aromatic rings. The lowest BCUT2D eigenvalue weighted by Gasteiger charge is -2.33. The van der Waals surface area contributed by atoms with Gasteiger partial charge in [0.2, 0.25) is 0 Å². The fourth-order valence-electron chi connectivity index (χ4n) is 0.615. The summed E-state index contributed by atoms with van der Waals surface area (Å²) in [4.78, 5) is 9.84. The zero-order valence-corrected chi connectivity index (χ0v) is 9.86. The van der Waals surface area contributed by atoms with E-state index < -0.39 is 34.7 Å². The molecular formula is C6Cl2F10O2. The summed E-state index contributed by atoms with van der Waals surface area (Å²) in [5, 5.41) is -12.0. The number of hydrogen-bond donors (Lipinski definition) is 0. The Morgan fingerprint density at radius 1 is 0.800 bits per heavy atom. The zero-order valence-electron chi connectivity index (χ0n) is 8.35. The lowest BCUT2D eigenvalue weighted by molar-refractivity contribution is -0.433. The van der Waals surface area contributed by atoms with Crippen LogP contribution in [0.15, 0.2) is 0 Å². The van der Waals surface area contributed by atoms with Crippen molar-refractivity contribution in [1.29, 1.82) is 0 Å². The molecule has 0 aliphatic carbocycles. The number of carbonyl (C=O) groups excluding carboxylic acids is 1. The number of halogens is 12. The number of alkyl halides is 11. The summed E-state index contributed by atoms with van der Waals surface area (Å²) >= 11 is 7.28. The minimum atomic E-state index is -6.81. The highest BCUT2D eigenvalue weighted by Gasteiger charge is 2.78. The van der Waals surface area contributed by atoms with Crippen molar-refractivity contribution < 1.29 is 53.4 Å². The summed E-state index contributed by atoms with van der Waals surface area (Å²) in [7, 11) is 0. The van der Waals surface area contributed by atoms with Gasteiger partial charge in [-0.1, -0.05) is 0 Å². The van der Waals surface area contributed by atoms with Crippen LogP contribution in [0.4, 0.5) is 43.9 Å². The Balaban J connectivity index is 5.73. The maximum Gasteiger partial charge on any atom is 0.430 e. The number of hydrogen-bond acceptors (Lipinski definition) is 2. The Bertz CT molecular complexity index is 388. The van der Waals surface area contributed by atoms with Gasteiger partial charge in [-0.3, -0.25) is 9.53 Å². The fraction of sp³-hybridized carbons (Fsp3) is 0.833. The highest BCUT2D eigenvalue weighted by molar-refractivity contribution is 6.24. The van der Waals surface area contributed by atoms with Crippen LogP contribution in [0.25, 0.3) is 0 Å². The van der Waals surface area contributed by atoms with Gasteiger partial charge >= 0.3 is 34.7 Å². The molecule has 14 heteroatoms. The van der Waals surface area contributed by atoms with Crippen molar-refractivity contribution in [2.24, 2.45) is 0 Å². The molecule has 0 aliphatic heterocycles. The average molecular weight is 365 g/mol. The molecule has 0 aromatic heterocycles. The Labute approximate surface area is 112 Å². The van der Waals surface area contributed by atoms with Gasteiger partial charge in [0, 0.05) is 0 Å². The number of rotatable bonds is 6. The van der Waals surface area contributed by atoms with Crippen molar-refractivity contribution in [3.8, 4) is 0 Å². The highest BCUT2D eigenvalue weighted by atomic mass is 35.5. The summed E-state index contributed by atoms with van der Waals surface area (Å²) in [5.41, 5.74) is 0. The third-order valence-electron chi connectivity index (χ3n) is 1.61. The number of ether oxygens (including phenoxy) is 1. The van der Waals surface area contributed by atoms with E-state index in [0.717, 1.165) is 0 Å². The molecule has 0 saturated carbocycles. The van der Waals surface area contributed by atoms with Gasteiger partial charge in [0.1, 0.15) is 0 Å². The van der Waals surface area contributed by atoms with Crippen molar-refractivity contribution in [1.82, 2.24) is 0 Å². The molecular weight excluding hydrogens is 365 g/mol. The second-order valence-corrected chi connectivity index (χ2v) is 4.01. The summed E-state index contributed by atoms with van der Waals surface area (Å²) in [6, 6.07) is -4.06. The average Bonchev–Trinajstić information content (AvgIpc) is 2.12. The third kappa shape index (κ3) is 3.22. The molecule has 0 spiro atoms. The van der Waals surface area contributed by atoms with Gasteiger partial charge in [-0.2, -0.15) is 43.9 Å². The first-order valence-corrected chi connectivity index (χ1v) is 4.64. The van der Waals surface area contributed by atoms with E-state index in [2.05, 4.69) is 23.2 Å². The van der Waals surface area contributed by atoms with Crippen molar-refractivity contribution in [3.63, 3.8) is 0 Å². The monoisotopic (exact) mass is 364 g/mol. The second kappa shape index (κ2) is 5.05. The molecule has 0 aromatic carbocycles. The van der Waals surface area contributed by atoms with Gasteiger partial charge in [0.05, 0.1) is 0 Å². The minimum absolute atomic E-state index is 1.92. The first-order chi connectivity index (χ1) is 8.40. The van der Waals surface area contributed by atoms with E-state index in [0.29, 0.717) is 0 Å². The van der Waals surface area contributed by atoms with Crippen LogP contribution < -0.4 is 0 Å². The van der Waals surface area contributed by atoms with E-state index in [1.807, 2.05) is 4.74 Å². The molecule has 0 aliphatic rings. The third-order valence-corrected chi connectivity index (χ3v) is 2.09. The predicted octanol–water partition coefficient (Wildman–Crippen LogP) is 4.06.